The molecule has 136 valence electrons. The summed E-state index contributed by atoms with van der Waals surface area (Å²) >= 11 is 1.70. The first-order valence-electron chi connectivity index (χ1n) is 9.32. The fourth-order valence-corrected chi connectivity index (χ4v) is 4.57. The van der Waals surface area contributed by atoms with Gasteiger partial charge in [0.15, 0.2) is 0 Å². The van der Waals surface area contributed by atoms with Gasteiger partial charge < -0.3 is 4.90 Å². The van der Waals surface area contributed by atoms with E-state index >= 15 is 0 Å². The molecule has 2 atom stereocenters. The van der Waals surface area contributed by atoms with E-state index in [1.54, 1.807) is 17.4 Å². The molecule has 2 unspecified atom stereocenters. The molecule has 1 fully saturated rings. The Morgan fingerprint density at radius 1 is 1.31 bits per heavy atom. The Bertz CT molecular complexity index is 800. The van der Waals surface area contributed by atoms with E-state index in [1.807, 2.05) is 17.0 Å². The monoisotopic (exact) mass is 367 g/mol. The first kappa shape index (κ1) is 17.5. The zero-order chi connectivity index (χ0) is 17.9. The second-order valence-corrected chi connectivity index (χ2v) is 8.17. The SMILES string of the molecule is CC1NNCC1N(Cc1cccs1)C(=O)/C=C/c1ccc2c(c1)CCC2. The van der Waals surface area contributed by atoms with Gasteiger partial charge in [-0.25, -0.2) is 0 Å². The van der Waals surface area contributed by atoms with Gasteiger partial charge in [0.2, 0.25) is 5.91 Å². The smallest absolute Gasteiger partial charge is 0.247 e. The molecule has 0 spiro atoms. The Hall–Kier alpha value is -1.95. The third kappa shape index (κ3) is 3.75. The number of nitrogens with zero attached hydrogens (tertiary/aromatic N) is 1. The average Bonchev–Trinajstić information content (AvgIpc) is 3.39. The molecule has 26 heavy (non-hydrogen) atoms. The molecular weight excluding hydrogens is 342 g/mol. The van der Waals surface area contributed by atoms with Crippen LogP contribution in [0.1, 0.15) is 34.9 Å². The maximum atomic E-state index is 13.0. The van der Waals surface area contributed by atoms with Crippen LogP contribution in [0, 0.1) is 0 Å². The second-order valence-electron chi connectivity index (χ2n) is 7.14. The Morgan fingerprint density at radius 3 is 2.96 bits per heavy atom. The molecule has 0 bridgehead atoms. The second kappa shape index (κ2) is 7.74. The fraction of sp³-hybridized carbons (Fsp3) is 0.381. The summed E-state index contributed by atoms with van der Waals surface area (Å²) in [6.45, 7) is 3.54. The first-order valence-corrected chi connectivity index (χ1v) is 10.2. The maximum absolute atomic E-state index is 13.0. The van der Waals surface area contributed by atoms with Gasteiger partial charge >= 0.3 is 0 Å². The molecule has 1 aliphatic carbocycles. The first-order chi connectivity index (χ1) is 12.7. The van der Waals surface area contributed by atoms with Gasteiger partial charge in [0.05, 0.1) is 12.6 Å². The molecular formula is C21H25N3OS. The van der Waals surface area contributed by atoms with Crippen molar-refractivity contribution in [3.8, 4) is 0 Å². The number of hydrogen-bond acceptors (Lipinski definition) is 4. The molecule has 0 radical (unpaired) electrons. The zero-order valence-corrected chi connectivity index (χ0v) is 15.9. The average molecular weight is 368 g/mol. The van der Waals surface area contributed by atoms with Gasteiger partial charge in [-0.05, 0) is 60.4 Å². The van der Waals surface area contributed by atoms with Crippen molar-refractivity contribution in [1.29, 1.82) is 0 Å². The van der Waals surface area contributed by atoms with E-state index in [9.17, 15) is 4.79 Å². The number of amides is 1. The summed E-state index contributed by atoms with van der Waals surface area (Å²) in [6, 6.07) is 11.1. The minimum atomic E-state index is 0.0706. The summed E-state index contributed by atoms with van der Waals surface area (Å²) in [4.78, 5) is 16.2. The molecule has 1 aliphatic heterocycles. The fourth-order valence-electron chi connectivity index (χ4n) is 3.87. The number of nitrogens with one attached hydrogen (secondary N) is 2. The van der Waals surface area contributed by atoms with Crippen molar-refractivity contribution in [3.63, 3.8) is 0 Å². The van der Waals surface area contributed by atoms with Crippen LogP contribution in [-0.2, 0) is 24.2 Å². The van der Waals surface area contributed by atoms with Crippen molar-refractivity contribution in [2.45, 2.75) is 44.8 Å². The van der Waals surface area contributed by atoms with E-state index in [2.05, 4.69) is 47.4 Å². The highest BCUT2D eigenvalue weighted by Gasteiger charge is 2.31. The Kier molecular flexibility index (Phi) is 5.20. The standard InChI is InChI=1S/C21H25N3OS/c1-15-20(13-22-23-15)24(14-19-6-3-11-26-19)21(25)10-8-16-7-9-17-4-2-5-18(17)12-16/h3,6-12,15,20,22-23H,2,4-5,13-14H2,1H3/b10-8+. The molecule has 4 rings (SSSR count). The van der Waals surface area contributed by atoms with Crippen LogP contribution in [-0.4, -0.2) is 29.4 Å². The lowest BCUT2D eigenvalue weighted by molar-refractivity contribution is -0.128. The number of aryl methyl sites for hydroxylation is 2. The summed E-state index contributed by atoms with van der Waals surface area (Å²) in [7, 11) is 0. The van der Waals surface area contributed by atoms with Crippen molar-refractivity contribution in [2.24, 2.45) is 0 Å². The number of carbonyl (C=O) groups excluding carboxylic acids is 1. The van der Waals surface area contributed by atoms with Gasteiger partial charge in [0, 0.05) is 23.5 Å². The lowest BCUT2D eigenvalue weighted by Crippen LogP contribution is -2.45. The van der Waals surface area contributed by atoms with Crippen LogP contribution >= 0.6 is 11.3 Å². The Labute approximate surface area is 158 Å². The van der Waals surface area contributed by atoms with E-state index in [4.69, 9.17) is 0 Å². The highest BCUT2D eigenvalue weighted by molar-refractivity contribution is 7.09. The van der Waals surface area contributed by atoms with Crippen LogP contribution in [0.4, 0.5) is 0 Å². The molecule has 0 saturated carbocycles. The van der Waals surface area contributed by atoms with Crippen LogP contribution in [0.25, 0.3) is 6.08 Å². The molecule has 2 N–H and O–H groups in total. The largest absolute Gasteiger partial charge is 0.328 e. The van der Waals surface area contributed by atoms with E-state index in [-0.39, 0.29) is 18.0 Å². The Morgan fingerprint density at radius 2 is 2.19 bits per heavy atom. The van der Waals surface area contributed by atoms with Crippen molar-refractivity contribution in [3.05, 3.63) is 63.4 Å². The molecule has 4 nitrogen and oxygen atoms in total. The lowest BCUT2D eigenvalue weighted by Gasteiger charge is -2.29. The van der Waals surface area contributed by atoms with Gasteiger partial charge in [-0.2, -0.15) is 0 Å². The molecule has 1 amide bonds. The number of thiophene rings is 1. The lowest BCUT2D eigenvalue weighted by atomic mass is 10.1. The highest BCUT2D eigenvalue weighted by Crippen LogP contribution is 2.23. The van der Waals surface area contributed by atoms with Crippen LogP contribution in [0.3, 0.4) is 0 Å². The number of hydrazine groups is 1. The van der Waals surface area contributed by atoms with E-state index in [0.29, 0.717) is 6.54 Å². The summed E-state index contributed by atoms with van der Waals surface area (Å²) in [5, 5.41) is 2.06. The van der Waals surface area contributed by atoms with Crippen molar-refractivity contribution in [2.75, 3.05) is 6.54 Å². The molecule has 2 aliphatic rings. The van der Waals surface area contributed by atoms with Crippen LogP contribution in [0.15, 0.2) is 41.8 Å². The number of fused-ring (bicyclic) bond motifs is 1. The highest BCUT2D eigenvalue weighted by atomic mass is 32.1. The normalized spacial score (nSPS) is 22.0. The van der Waals surface area contributed by atoms with Gasteiger partial charge in [-0.3, -0.25) is 15.6 Å². The molecule has 5 heteroatoms. The van der Waals surface area contributed by atoms with Gasteiger partial charge in [-0.1, -0.05) is 24.3 Å². The topological polar surface area (TPSA) is 44.4 Å². The number of hydrogen-bond donors (Lipinski definition) is 2. The van der Waals surface area contributed by atoms with Crippen LogP contribution in [0.2, 0.25) is 0 Å². The summed E-state index contributed by atoms with van der Waals surface area (Å²) < 4.78 is 0. The summed E-state index contributed by atoms with van der Waals surface area (Å²) in [6.07, 6.45) is 7.28. The van der Waals surface area contributed by atoms with Crippen molar-refractivity contribution < 1.29 is 4.79 Å². The number of rotatable bonds is 5. The molecule has 1 aromatic carbocycles. The summed E-state index contributed by atoms with van der Waals surface area (Å²) in [5.74, 6) is 0.0706. The molecule has 2 aromatic rings. The van der Waals surface area contributed by atoms with Crippen LogP contribution < -0.4 is 10.9 Å². The van der Waals surface area contributed by atoms with Crippen molar-refractivity contribution >= 4 is 23.3 Å². The predicted molar refractivity (Wildman–Crippen MR) is 107 cm³/mol. The number of benzene rings is 1. The van der Waals surface area contributed by atoms with E-state index < -0.39 is 0 Å². The third-order valence-electron chi connectivity index (χ3n) is 5.35. The van der Waals surface area contributed by atoms with E-state index in [1.165, 1.54) is 28.8 Å². The van der Waals surface area contributed by atoms with E-state index in [0.717, 1.165) is 18.5 Å². The predicted octanol–water partition coefficient (Wildman–Crippen LogP) is 3.14. The summed E-state index contributed by atoms with van der Waals surface area (Å²) in [5.41, 5.74) is 10.4. The Balaban J connectivity index is 1.51. The van der Waals surface area contributed by atoms with Crippen LogP contribution in [0.5, 0.6) is 0 Å². The van der Waals surface area contributed by atoms with Gasteiger partial charge in [-0.15, -0.1) is 11.3 Å². The maximum Gasteiger partial charge on any atom is 0.247 e. The number of carbonyl (C=O) groups is 1. The van der Waals surface area contributed by atoms with Gasteiger partial charge in [0.25, 0.3) is 0 Å². The molecule has 2 heterocycles. The zero-order valence-electron chi connectivity index (χ0n) is 15.1. The third-order valence-corrected chi connectivity index (χ3v) is 6.21. The minimum absolute atomic E-state index is 0.0706. The molecule has 1 aromatic heterocycles. The van der Waals surface area contributed by atoms with Crippen molar-refractivity contribution in [1.82, 2.24) is 15.8 Å². The molecule has 1 saturated heterocycles. The van der Waals surface area contributed by atoms with Gasteiger partial charge in [0.1, 0.15) is 0 Å². The quantitative estimate of drug-likeness (QED) is 0.798. The minimum Gasteiger partial charge on any atom is -0.328 e.